The van der Waals surface area contributed by atoms with Crippen LogP contribution < -0.4 is 5.32 Å². The fourth-order valence-corrected chi connectivity index (χ4v) is 5.23. The average Bonchev–Trinajstić information content (AvgIpc) is 3.11. The van der Waals surface area contributed by atoms with Crippen LogP contribution in [0.2, 0.25) is 5.02 Å². The third-order valence-corrected chi connectivity index (χ3v) is 6.46. The van der Waals surface area contributed by atoms with Gasteiger partial charge in [0.2, 0.25) is 5.91 Å². The number of hydrogen-bond acceptors (Lipinski definition) is 4. The van der Waals surface area contributed by atoms with Crippen molar-refractivity contribution in [1.82, 2.24) is 15.2 Å². The van der Waals surface area contributed by atoms with Gasteiger partial charge in [0.15, 0.2) is 0 Å². The first-order valence-corrected chi connectivity index (χ1v) is 11.3. The maximum atomic E-state index is 13.3. The van der Waals surface area contributed by atoms with Crippen molar-refractivity contribution in [2.75, 3.05) is 12.3 Å². The van der Waals surface area contributed by atoms with Crippen LogP contribution in [-0.4, -0.2) is 45.4 Å². The van der Waals surface area contributed by atoms with Gasteiger partial charge in [0.05, 0.1) is 16.0 Å². The maximum Gasteiger partial charge on any atom is 0.256 e. The SMILES string of the molecule is CC(C)CC1SCC(C(=O)NCCc2ccccn2)N1C(=O)c1ccccc1Cl. The molecular formula is C22H26ClN3O2S. The lowest BCUT2D eigenvalue weighted by Gasteiger charge is -2.30. The third-order valence-electron chi connectivity index (χ3n) is 4.81. The lowest BCUT2D eigenvalue weighted by atomic mass is 10.1. The van der Waals surface area contributed by atoms with Gasteiger partial charge in [0.25, 0.3) is 5.91 Å². The van der Waals surface area contributed by atoms with E-state index >= 15 is 0 Å². The molecule has 0 aliphatic carbocycles. The molecule has 5 nitrogen and oxygen atoms in total. The normalized spacial score (nSPS) is 18.8. The Hall–Kier alpha value is -2.05. The molecule has 2 atom stereocenters. The van der Waals surface area contributed by atoms with Crippen molar-refractivity contribution in [3.8, 4) is 0 Å². The number of hydrogen-bond donors (Lipinski definition) is 1. The molecular weight excluding hydrogens is 406 g/mol. The average molecular weight is 432 g/mol. The number of nitrogens with zero attached hydrogens (tertiary/aromatic N) is 2. The van der Waals surface area contributed by atoms with Crippen molar-refractivity contribution < 1.29 is 9.59 Å². The summed E-state index contributed by atoms with van der Waals surface area (Å²) in [5.41, 5.74) is 1.37. The fraction of sp³-hybridized carbons (Fsp3) is 0.409. The number of halogens is 1. The predicted octanol–water partition coefficient (Wildman–Crippen LogP) is 4.02. The minimum absolute atomic E-state index is 0.0367. The Morgan fingerprint density at radius 1 is 1.24 bits per heavy atom. The largest absolute Gasteiger partial charge is 0.354 e. The van der Waals surface area contributed by atoms with Gasteiger partial charge < -0.3 is 10.2 Å². The Balaban J connectivity index is 1.72. The summed E-state index contributed by atoms with van der Waals surface area (Å²) in [6.07, 6.45) is 3.23. The van der Waals surface area contributed by atoms with Crippen molar-refractivity contribution in [1.29, 1.82) is 0 Å². The Labute approximate surface area is 181 Å². The van der Waals surface area contributed by atoms with E-state index in [1.54, 1.807) is 47.1 Å². The molecule has 0 radical (unpaired) electrons. The van der Waals surface area contributed by atoms with Gasteiger partial charge in [-0.25, -0.2) is 0 Å². The second-order valence-electron chi connectivity index (χ2n) is 7.49. The number of thioether (sulfide) groups is 1. The number of nitrogens with one attached hydrogen (secondary N) is 1. The zero-order valence-corrected chi connectivity index (χ0v) is 18.2. The molecule has 154 valence electrons. The topological polar surface area (TPSA) is 62.3 Å². The first-order chi connectivity index (χ1) is 14.0. The molecule has 1 N–H and O–H groups in total. The van der Waals surface area contributed by atoms with Crippen LogP contribution in [0.4, 0.5) is 0 Å². The number of rotatable bonds is 7. The molecule has 1 aromatic carbocycles. The molecule has 2 amide bonds. The standard InChI is InChI=1S/C22H26ClN3O2S/c1-15(2)13-20-26(22(28)17-8-3-4-9-18(17)23)19(14-29-20)21(27)25-12-10-16-7-5-6-11-24-16/h3-9,11,15,19-20H,10,12-14H2,1-2H3,(H,25,27). The maximum absolute atomic E-state index is 13.3. The van der Waals surface area contributed by atoms with Crippen molar-refractivity contribution in [2.24, 2.45) is 5.92 Å². The number of pyridine rings is 1. The molecule has 1 saturated heterocycles. The van der Waals surface area contributed by atoms with Crippen LogP contribution in [-0.2, 0) is 11.2 Å². The van der Waals surface area contributed by atoms with E-state index in [2.05, 4.69) is 24.1 Å². The molecule has 3 rings (SSSR count). The van der Waals surface area contributed by atoms with Crippen LogP contribution in [0, 0.1) is 5.92 Å². The summed E-state index contributed by atoms with van der Waals surface area (Å²) in [6, 6.07) is 12.2. The van der Waals surface area contributed by atoms with Gasteiger partial charge in [-0.15, -0.1) is 11.8 Å². The number of carbonyl (C=O) groups excluding carboxylic acids is 2. The molecule has 2 aromatic rings. The zero-order valence-electron chi connectivity index (χ0n) is 16.7. The molecule has 0 bridgehead atoms. The Morgan fingerprint density at radius 2 is 2.00 bits per heavy atom. The minimum atomic E-state index is -0.503. The monoisotopic (exact) mass is 431 g/mol. The van der Waals surface area contributed by atoms with E-state index in [9.17, 15) is 9.59 Å². The second-order valence-corrected chi connectivity index (χ2v) is 9.11. The number of carbonyl (C=O) groups is 2. The van der Waals surface area contributed by atoms with Crippen LogP contribution in [0.3, 0.4) is 0 Å². The first kappa shape index (κ1) is 21.7. The number of amides is 2. The van der Waals surface area contributed by atoms with E-state index in [-0.39, 0.29) is 17.2 Å². The summed E-state index contributed by atoms with van der Waals surface area (Å²) in [7, 11) is 0. The summed E-state index contributed by atoms with van der Waals surface area (Å²) in [4.78, 5) is 32.2. The van der Waals surface area contributed by atoms with Crippen molar-refractivity contribution in [2.45, 2.75) is 38.1 Å². The summed E-state index contributed by atoms with van der Waals surface area (Å²) in [5, 5.41) is 3.35. The smallest absolute Gasteiger partial charge is 0.256 e. The van der Waals surface area contributed by atoms with Crippen molar-refractivity contribution >= 4 is 35.2 Å². The first-order valence-electron chi connectivity index (χ1n) is 9.83. The third kappa shape index (κ3) is 5.52. The van der Waals surface area contributed by atoms with Crippen LogP contribution in [0.25, 0.3) is 0 Å². The number of aromatic nitrogens is 1. The van der Waals surface area contributed by atoms with Gasteiger partial charge in [0, 0.05) is 30.6 Å². The molecule has 7 heteroatoms. The van der Waals surface area contributed by atoms with Gasteiger partial charge in [-0.3, -0.25) is 14.6 Å². The van der Waals surface area contributed by atoms with Crippen molar-refractivity contribution in [3.63, 3.8) is 0 Å². The highest BCUT2D eigenvalue weighted by Crippen LogP contribution is 2.35. The predicted molar refractivity (Wildman–Crippen MR) is 118 cm³/mol. The molecule has 1 aliphatic rings. The van der Waals surface area contributed by atoms with Crippen LogP contribution in [0.5, 0.6) is 0 Å². The van der Waals surface area contributed by atoms with Gasteiger partial charge >= 0.3 is 0 Å². The Bertz CT molecular complexity index is 847. The van der Waals surface area contributed by atoms with E-state index in [1.165, 1.54) is 0 Å². The van der Waals surface area contributed by atoms with Gasteiger partial charge in [-0.2, -0.15) is 0 Å². The van der Waals surface area contributed by atoms with Gasteiger partial charge in [0.1, 0.15) is 6.04 Å². The summed E-state index contributed by atoms with van der Waals surface area (Å²) in [5.74, 6) is 0.694. The highest BCUT2D eigenvalue weighted by molar-refractivity contribution is 8.00. The molecule has 0 saturated carbocycles. The lowest BCUT2D eigenvalue weighted by Crippen LogP contribution is -2.50. The lowest BCUT2D eigenvalue weighted by molar-refractivity contribution is -0.124. The van der Waals surface area contributed by atoms with Gasteiger partial charge in [-0.1, -0.05) is 43.6 Å². The molecule has 1 fully saturated rings. The molecule has 0 spiro atoms. The van der Waals surface area contributed by atoms with Crippen LogP contribution >= 0.6 is 23.4 Å². The summed E-state index contributed by atoms with van der Waals surface area (Å²) < 4.78 is 0. The zero-order chi connectivity index (χ0) is 20.8. The van der Waals surface area contributed by atoms with Crippen molar-refractivity contribution in [3.05, 3.63) is 64.9 Å². The van der Waals surface area contributed by atoms with E-state index in [4.69, 9.17) is 11.6 Å². The second kappa shape index (κ2) is 10.1. The van der Waals surface area contributed by atoms with E-state index in [1.807, 2.05) is 18.2 Å². The molecule has 1 aliphatic heterocycles. The molecule has 2 unspecified atom stereocenters. The van der Waals surface area contributed by atoms with Crippen LogP contribution in [0.1, 0.15) is 36.3 Å². The van der Waals surface area contributed by atoms with E-state index in [0.717, 1.165) is 12.1 Å². The van der Waals surface area contributed by atoms with E-state index in [0.29, 0.717) is 35.2 Å². The quantitative estimate of drug-likeness (QED) is 0.719. The summed E-state index contributed by atoms with van der Waals surface area (Å²) >= 11 is 7.93. The number of benzene rings is 1. The molecule has 1 aromatic heterocycles. The summed E-state index contributed by atoms with van der Waals surface area (Å²) in [6.45, 7) is 4.73. The van der Waals surface area contributed by atoms with E-state index < -0.39 is 6.04 Å². The molecule has 29 heavy (non-hydrogen) atoms. The fourth-order valence-electron chi connectivity index (χ4n) is 3.37. The Kier molecular flexibility index (Phi) is 7.56. The molecule has 2 heterocycles. The highest BCUT2D eigenvalue weighted by atomic mass is 35.5. The minimum Gasteiger partial charge on any atom is -0.354 e. The highest BCUT2D eigenvalue weighted by Gasteiger charge is 2.42. The van der Waals surface area contributed by atoms with Gasteiger partial charge in [-0.05, 0) is 36.6 Å². The van der Waals surface area contributed by atoms with Crippen LogP contribution in [0.15, 0.2) is 48.7 Å². The Morgan fingerprint density at radius 3 is 2.69 bits per heavy atom.